The van der Waals surface area contributed by atoms with Gasteiger partial charge >= 0.3 is 0 Å². The Labute approximate surface area is 98.8 Å². The Bertz CT molecular complexity index is 307. The predicted octanol–water partition coefficient (Wildman–Crippen LogP) is 2.54. The van der Waals surface area contributed by atoms with Crippen LogP contribution < -0.4 is 5.32 Å². The minimum absolute atomic E-state index is 0.811. The highest BCUT2D eigenvalue weighted by Gasteiger charge is 2.09. The first-order valence-corrected chi connectivity index (χ1v) is 6.16. The third-order valence-electron chi connectivity index (χ3n) is 2.78. The molecule has 92 valence electrons. The average Bonchev–Trinajstić information content (AvgIpc) is 2.59. The van der Waals surface area contributed by atoms with Gasteiger partial charge in [0.15, 0.2) is 0 Å². The Morgan fingerprint density at radius 3 is 2.69 bits per heavy atom. The van der Waals surface area contributed by atoms with Crippen LogP contribution in [-0.2, 0) is 13.1 Å². The van der Waals surface area contributed by atoms with Crippen LogP contribution in [0.25, 0.3) is 0 Å². The van der Waals surface area contributed by atoms with Crippen molar-refractivity contribution in [2.24, 2.45) is 0 Å². The largest absolute Gasteiger partial charge is 0.463 e. The molecule has 0 bridgehead atoms. The molecule has 1 aromatic rings. The van der Waals surface area contributed by atoms with Gasteiger partial charge in [-0.15, -0.1) is 0 Å². The lowest BCUT2D eigenvalue weighted by molar-refractivity contribution is 0.253. The van der Waals surface area contributed by atoms with Crippen molar-refractivity contribution in [1.82, 2.24) is 10.2 Å². The molecule has 1 aromatic heterocycles. The molecular formula is C13H24N2O. The molecule has 0 radical (unpaired) electrons. The van der Waals surface area contributed by atoms with E-state index in [1.165, 1.54) is 12.0 Å². The summed E-state index contributed by atoms with van der Waals surface area (Å²) in [6.45, 7) is 10.5. The van der Waals surface area contributed by atoms with Crippen molar-refractivity contribution in [2.75, 3.05) is 20.1 Å². The van der Waals surface area contributed by atoms with Crippen molar-refractivity contribution in [3.63, 3.8) is 0 Å². The van der Waals surface area contributed by atoms with E-state index in [1.54, 1.807) is 0 Å². The number of aryl methyl sites for hydroxylation is 1. The Morgan fingerprint density at radius 1 is 1.38 bits per heavy atom. The molecule has 0 aliphatic carbocycles. The highest BCUT2D eigenvalue weighted by molar-refractivity contribution is 5.19. The molecule has 3 nitrogen and oxygen atoms in total. The number of rotatable bonds is 7. The van der Waals surface area contributed by atoms with Gasteiger partial charge in [0.05, 0.1) is 13.1 Å². The summed E-state index contributed by atoms with van der Waals surface area (Å²) in [7, 11) is 1.94. The first-order valence-electron chi connectivity index (χ1n) is 6.16. The first kappa shape index (κ1) is 13.3. The summed E-state index contributed by atoms with van der Waals surface area (Å²) in [6.07, 6.45) is 1.19. The standard InChI is InChI=1S/C13H24N2O/c1-5-7-15(6-2)10-12-8-11(3)13(16-12)9-14-4/h8,14H,5-7,9-10H2,1-4H3. The van der Waals surface area contributed by atoms with Crippen molar-refractivity contribution in [2.45, 2.75) is 40.3 Å². The van der Waals surface area contributed by atoms with Gasteiger partial charge < -0.3 is 9.73 Å². The zero-order chi connectivity index (χ0) is 12.0. The van der Waals surface area contributed by atoms with Gasteiger partial charge in [-0.2, -0.15) is 0 Å². The molecule has 0 unspecified atom stereocenters. The lowest BCUT2D eigenvalue weighted by Gasteiger charge is -2.17. The molecule has 1 rings (SSSR count). The zero-order valence-corrected chi connectivity index (χ0v) is 11.0. The lowest BCUT2D eigenvalue weighted by Crippen LogP contribution is -2.23. The maximum Gasteiger partial charge on any atom is 0.120 e. The molecule has 16 heavy (non-hydrogen) atoms. The van der Waals surface area contributed by atoms with Crippen LogP contribution in [0.1, 0.15) is 37.4 Å². The van der Waals surface area contributed by atoms with Crippen LogP contribution in [0.5, 0.6) is 0 Å². The van der Waals surface area contributed by atoms with Crippen LogP contribution in [0.15, 0.2) is 10.5 Å². The molecule has 3 heteroatoms. The number of furan rings is 1. The van der Waals surface area contributed by atoms with E-state index in [0.29, 0.717) is 0 Å². The molecule has 0 aromatic carbocycles. The Balaban J connectivity index is 2.62. The van der Waals surface area contributed by atoms with Gasteiger partial charge in [0.2, 0.25) is 0 Å². The molecule has 0 amide bonds. The fourth-order valence-corrected chi connectivity index (χ4v) is 1.89. The van der Waals surface area contributed by atoms with Crippen molar-refractivity contribution >= 4 is 0 Å². The number of hydrogen-bond acceptors (Lipinski definition) is 3. The van der Waals surface area contributed by atoms with Crippen LogP contribution in [0.4, 0.5) is 0 Å². The van der Waals surface area contributed by atoms with Crippen molar-refractivity contribution < 1.29 is 4.42 Å². The smallest absolute Gasteiger partial charge is 0.120 e. The van der Waals surface area contributed by atoms with Crippen LogP contribution in [0.3, 0.4) is 0 Å². The van der Waals surface area contributed by atoms with E-state index < -0.39 is 0 Å². The van der Waals surface area contributed by atoms with E-state index >= 15 is 0 Å². The monoisotopic (exact) mass is 224 g/mol. The van der Waals surface area contributed by atoms with Crippen LogP contribution in [0, 0.1) is 6.92 Å². The number of hydrogen-bond donors (Lipinski definition) is 1. The predicted molar refractivity (Wildman–Crippen MR) is 67.5 cm³/mol. The summed E-state index contributed by atoms with van der Waals surface area (Å²) >= 11 is 0. The van der Waals surface area contributed by atoms with E-state index in [2.05, 4.69) is 37.1 Å². The van der Waals surface area contributed by atoms with E-state index in [9.17, 15) is 0 Å². The highest BCUT2D eigenvalue weighted by Crippen LogP contribution is 2.16. The maximum absolute atomic E-state index is 5.83. The van der Waals surface area contributed by atoms with E-state index in [0.717, 1.165) is 37.7 Å². The van der Waals surface area contributed by atoms with Gasteiger partial charge in [0, 0.05) is 0 Å². The average molecular weight is 224 g/mol. The summed E-state index contributed by atoms with van der Waals surface area (Å²) in [5, 5.41) is 3.12. The van der Waals surface area contributed by atoms with Crippen LogP contribution in [-0.4, -0.2) is 25.0 Å². The molecule has 0 spiro atoms. The quantitative estimate of drug-likeness (QED) is 0.771. The van der Waals surface area contributed by atoms with Crippen LogP contribution in [0.2, 0.25) is 0 Å². The third kappa shape index (κ3) is 3.65. The second-order valence-electron chi connectivity index (χ2n) is 4.22. The third-order valence-corrected chi connectivity index (χ3v) is 2.78. The highest BCUT2D eigenvalue weighted by atomic mass is 16.3. The Hall–Kier alpha value is -0.800. The van der Waals surface area contributed by atoms with Gasteiger partial charge in [-0.25, -0.2) is 0 Å². The minimum atomic E-state index is 0.811. The molecule has 0 aliphatic rings. The molecule has 0 fully saturated rings. The molecule has 0 saturated heterocycles. The van der Waals surface area contributed by atoms with E-state index in [1.807, 2.05) is 7.05 Å². The summed E-state index contributed by atoms with van der Waals surface area (Å²) in [4.78, 5) is 2.40. The van der Waals surface area contributed by atoms with Crippen molar-refractivity contribution in [3.8, 4) is 0 Å². The fraction of sp³-hybridized carbons (Fsp3) is 0.692. The topological polar surface area (TPSA) is 28.4 Å². The summed E-state index contributed by atoms with van der Waals surface area (Å²) in [5.74, 6) is 2.14. The van der Waals surface area contributed by atoms with Crippen molar-refractivity contribution in [1.29, 1.82) is 0 Å². The van der Waals surface area contributed by atoms with Gasteiger partial charge in [0.1, 0.15) is 11.5 Å². The summed E-state index contributed by atoms with van der Waals surface area (Å²) < 4.78 is 5.83. The molecule has 0 aliphatic heterocycles. The van der Waals surface area contributed by atoms with Gasteiger partial charge in [-0.1, -0.05) is 13.8 Å². The second kappa shape index (κ2) is 6.71. The lowest BCUT2D eigenvalue weighted by atomic mass is 10.2. The molecule has 0 saturated carbocycles. The summed E-state index contributed by atoms with van der Waals surface area (Å²) in [5.41, 5.74) is 1.25. The van der Waals surface area contributed by atoms with Crippen LogP contribution >= 0.6 is 0 Å². The first-order chi connectivity index (χ1) is 7.71. The molecule has 0 atom stereocenters. The van der Waals surface area contributed by atoms with Gasteiger partial charge in [-0.3, -0.25) is 4.90 Å². The van der Waals surface area contributed by atoms with Crippen molar-refractivity contribution in [3.05, 3.63) is 23.2 Å². The minimum Gasteiger partial charge on any atom is -0.463 e. The fourth-order valence-electron chi connectivity index (χ4n) is 1.89. The number of nitrogens with one attached hydrogen (secondary N) is 1. The maximum atomic E-state index is 5.83. The SMILES string of the molecule is CCCN(CC)Cc1cc(C)c(CNC)o1. The van der Waals surface area contributed by atoms with Gasteiger partial charge in [-0.05, 0) is 45.1 Å². The van der Waals surface area contributed by atoms with E-state index in [4.69, 9.17) is 4.42 Å². The summed E-state index contributed by atoms with van der Waals surface area (Å²) in [6, 6.07) is 2.16. The Kier molecular flexibility index (Phi) is 5.56. The number of nitrogens with zero attached hydrogens (tertiary/aromatic N) is 1. The zero-order valence-electron chi connectivity index (χ0n) is 11.0. The molecular weight excluding hydrogens is 200 g/mol. The molecule has 1 N–H and O–H groups in total. The van der Waals surface area contributed by atoms with E-state index in [-0.39, 0.29) is 0 Å². The van der Waals surface area contributed by atoms with Gasteiger partial charge in [0.25, 0.3) is 0 Å². The normalized spacial score (nSPS) is 11.3. The molecule has 1 heterocycles. The second-order valence-corrected chi connectivity index (χ2v) is 4.22. The Morgan fingerprint density at radius 2 is 2.12 bits per heavy atom.